The number of hydrogen-bond acceptors (Lipinski definition) is 6. The molecule has 0 unspecified atom stereocenters. The Balaban J connectivity index is 1.69. The van der Waals surface area contributed by atoms with Gasteiger partial charge in [0.1, 0.15) is 17.3 Å². The van der Waals surface area contributed by atoms with Crippen LogP contribution in [0.2, 0.25) is 0 Å². The molecule has 150 valence electrons. The molecule has 0 radical (unpaired) electrons. The molecule has 30 heavy (non-hydrogen) atoms. The molecule has 1 aromatic heterocycles. The van der Waals surface area contributed by atoms with E-state index in [-0.39, 0.29) is 5.82 Å². The highest BCUT2D eigenvalue weighted by molar-refractivity contribution is 6.04. The third kappa shape index (κ3) is 4.00. The summed E-state index contributed by atoms with van der Waals surface area (Å²) in [5.41, 5.74) is 2.03. The number of rotatable bonds is 6. The highest BCUT2D eigenvalue weighted by Gasteiger charge is 2.16. The number of fused-ring (bicyclic) bond motifs is 1. The van der Waals surface area contributed by atoms with E-state index >= 15 is 0 Å². The number of carbonyl (C=O) groups is 1. The van der Waals surface area contributed by atoms with Crippen LogP contribution in [-0.2, 0) is 0 Å². The maximum Gasteiger partial charge on any atom is 0.293 e. The third-order valence-corrected chi connectivity index (χ3v) is 4.50. The molecular weight excluding hydrogens is 380 g/mol. The molecule has 0 fully saturated rings. The van der Waals surface area contributed by atoms with Crippen LogP contribution >= 0.6 is 0 Å². The topological polar surface area (TPSA) is 85.4 Å². The van der Waals surface area contributed by atoms with Gasteiger partial charge in [-0.15, -0.1) is 0 Å². The Morgan fingerprint density at radius 3 is 2.40 bits per heavy atom. The first-order valence-electron chi connectivity index (χ1n) is 9.30. The van der Waals surface area contributed by atoms with Crippen molar-refractivity contribution in [3.8, 4) is 11.5 Å². The van der Waals surface area contributed by atoms with Gasteiger partial charge in [0.2, 0.25) is 5.82 Å². The van der Waals surface area contributed by atoms with E-state index in [1.54, 1.807) is 25.3 Å². The van der Waals surface area contributed by atoms with E-state index in [4.69, 9.17) is 9.47 Å². The van der Waals surface area contributed by atoms with Gasteiger partial charge in [-0.25, -0.2) is 9.97 Å². The lowest BCUT2D eigenvalue weighted by atomic mass is 10.2. The van der Waals surface area contributed by atoms with E-state index in [2.05, 4.69) is 20.6 Å². The molecule has 0 spiro atoms. The van der Waals surface area contributed by atoms with Crippen molar-refractivity contribution in [3.05, 3.63) is 78.6 Å². The molecule has 0 aliphatic heterocycles. The van der Waals surface area contributed by atoms with Crippen molar-refractivity contribution in [3.63, 3.8) is 0 Å². The molecule has 0 bridgehead atoms. The van der Waals surface area contributed by atoms with Crippen LogP contribution in [0, 0.1) is 0 Å². The minimum Gasteiger partial charge on any atom is -0.497 e. The van der Waals surface area contributed by atoms with Gasteiger partial charge in [-0.2, -0.15) is 0 Å². The number of aromatic nitrogens is 2. The Kier molecular flexibility index (Phi) is 5.43. The summed E-state index contributed by atoms with van der Waals surface area (Å²) in [4.78, 5) is 21.9. The van der Waals surface area contributed by atoms with Crippen molar-refractivity contribution >= 4 is 34.0 Å². The molecule has 0 aliphatic carbocycles. The number of nitrogens with zero attached hydrogens (tertiary/aromatic N) is 2. The minimum atomic E-state index is -0.444. The molecule has 0 saturated heterocycles. The van der Waals surface area contributed by atoms with E-state index in [9.17, 15) is 4.79 Å². The number of methoxy groups -OCH3 is 2. The fourth-order valence-electron chi connectivity index (χ4n) is 3.01. The molecule has 7 nitrogen and oxygen atoms in total. The second-order valence-corrected chi connectivity index (χ2v) is 6.42. The Morgan fingerprint density at radius 2 is 1.63 bits per heavy atom. The molecule has 3 aromatic carbocycles. The lowest BCUT2D eigenvalue weighted by molar-refractivity contribution is 0.101. The number of nitrogens with one attached hydrogen (secondary N) is 2. The maximum absolute atomic E-state index is 12.9. The largest absolute Gasteiger partial charge is 0.497 e. The van der Waals surface area contributed by atoms with Crippen LogP contribution in [0.25, 0.3) is 10.9 Å². The zero-order chi connectivity index (χ0) is 20.9. The number of amides is 1. The number of carbonyl (C=O) groups excluding carboxylic acids is 1. The molecular formula is C23H20N4O3. The molecule has 0 saturated carbocycles. The van der Waals surface area contributed by atoms with Crippen LogP contribution in [0.3, 0.4) is 0 Å². The summed E-state index contributed by atoms with van der Waals surface area (Å²) in [5, 5.41) is 6.90. The van der Waals surface area contributed by atoms with Crippen molar-refractivity contribution in [2.75, 3.05) is 24.9 Å². The predicted molar refractivity (Wildman–Crippen MR) is 117 cm³/mol. The highest BCUT2D eigenvalue weighted by Crippen LogP contribution is 2.30. The average molecular weight is 400 g/mol. The van der Waals surface area contributed by atoms with Gasteiger partial charge in [0.25, 0.3) is 5.91 Å². The Bertz CT molecular complexity index is 1200. The second-order valence-electron chi connectivity index (χ2n) is 6.42. The van der Waals surface area contributed by atoms with Crippen LogP contribution in [0.1, 0.15) is 10.6 Å². The van der Waals surface area contributed by atoms with Crippen molar-refractivity contribution in [2.45, 2.75) is 0 Å². The Hall–Kier alpha value is -4.13. The summed E-state index contributed by atoms with van der Waals surface area (Å²) >= 11 is 0. The summed E-state index contributed by atoms with van der Waals surface area (Å²) in [5.74, 6) is 1.26. The summed E-state index contributed by atoms with van der Waals surface area (Å²) in [6.07, 6.45) is 0. The smallest absolute Gasteiger partial charge is 0.293 e. The molecule has 4 rings (SSSR count). The van der Waals surface area contributed by atoms with E-state index in [1.807, 2.05) is 54.6 Å². The number of hydrogen-bond donors (Lipinski definition) is 2. The lowest BCUT2D eigenvalue weighted by Crippen LogP contribution is -2.17. The third-order valence-electron chi connectivity index (χ3n) is 4.50. The summed E-state index contributed by atoms with van der Waals surface area (Å²) in [6, 6.07) is 22.3. The van der Waals surface area contributed by atoms with Crippen molar-refractivity contribution in [1.29, 1.82) is 0 Å². The second kappa shape index (κ2) is 8.48. The molecule has 0 aliphatic rings. The first-order valence-corrected chi connectivity index (χ1v) is 9.30. The highest BCUT2D eigenvalue weighted by atomic mass is 16.5. The first-order chi connectivity index (χ1) is 14.7. The first kappa shape index (κ1) is 19.2. The standard InChI is InChI=1S/C23H20N4O3/c1-29-16-12-13-19(20(14-16)30-2)26-23(28)22-25-18-11-7-6-10-17(18)21(27-22)24-15-8-4-3-5-9-15/h3-14H,1-2H3,(H,26,28)(H,24,25,27). The van der Waals surface area contributed by atoms with Gasteiger partial charge in [-0.1, -0.05) is 30.3 Å². The van der Waals surface area contributed by atoms with Gasteiger partial charge in [0, 0.05) is 17.1 Å². The van der Waals surface area contributed by atoms with Gasteiger partial charge in [0.15, 0.2) is 0 Å². The van der Waals surface area contributed by atoms with Gasteiger partial charge < -0.3 is 20.1 Å². The number of para-hydroxylation sites is 2. The molecule has 1 amide bonds. The number of ether oxygens (including phenoxy) is 2. The fraction of sp³-hybridized carbons (Fsp3) is 0.0870. The van der Waals surface area contributed by atoms with Crippen molar-refractivity contribution in [2.24, 2.45) is 0 Å². The van der Waals surface area contributed by atoms with Gasteiger partial charge >= 0.3 is 0 Å². The molecule has 4 aromatic rings. The fourth-order valence-corrected chi connectivity index (χ4v) is 3.01. The molecule has 0 atom stereocenters. The van der Waals surface area contributed by atoms with Crippen LogP contribution < -0.4 is 20.1 Å². The lowest BCUT2D eigenvalue weighted by Gasteiger charge is -2.13. The minimum absolute atomic E-state index is 0.0463. The van der Waals surface area contributed by atoms with Gasteiger partial charge in [-0.05, 0) is 36.4 Å². The Labute approximate surface area is 173 Å². The van der Waals surface area contributed by atoms with Crippen molar-refractivity contribution < 1.29 is 14.3 Å². The van der Waals surface area contributed by atoms with Crippen LogP contribution in [0.15, 0.2) is 72.8 Å². The van der Waals surface area contributed by atoms with Crippen LogP contribution in [-0.4, -0.2) is 30.1 Å². The maximum atomic E-state index is 12.9. The van der Waals surface area contributed by atoms with Crippen LogP contribution in [0.4, 0.5) is 17.2 Å². The summed E-state index contributed by atoms with van der Waals surface area (Å²) in [6.45, 7) is 0. The quantitative estimate of drug-likeness (QED) is 0.490. The van der Waals surface area contributed by atoms with E-state index in [1.165, 1.54) is 7.11 Å². The monoisotopic (exact) mass is 400 g/mol. The zero-order valence-electron chi connectivity index (χ0n) is 16.5. The summed E-state index contributed by atoms with van der Waals surface area (Å²) < 4.78 is 10.5. The predicted octanol–water partition coefficient (Wildman–Crippen LogP) is 4.64. The Morgan fingerprint density at radius 1 is 0.867 bits per heavy atom. The molecule has 1 heterocycles. The normalized spacial score (nSPS) is 10.5. The van der Waals surface area contributed by atoms with E-state index in [0.29, 0.717) is 28.5 Å². The SMILES string of the molecule is COc1ccc(NC(=O)c2nc(Nc3ccccc3)c3ccccc3n2)c(OC)c1. The number of benzene rings is 3. The zero-order valence-corrected chi connectivity index (χ0v) is 16.5. The molecule has 2 N–H and O–H groups in total. The number of anilines is 3. The van der Waals surface area contributed by atoms with Gasteiger partial charge in [-0.3, -0.25) is 4.79 Å². The van der Waals surface area contributed by atoms with Crippen molar-refractivity contribution in [1.82, 2.24) is 9.97 Å². The van der Waals surface area contributed by atoms with Crippen LogP contribution in [0.5, 0.6) is 11.5 Å². The average Bonchev–Trinajstić information content (AvgIpc) is 2.80. The van der Waals surface area contributed by atoms with E-state index < -0.39 is 5.91 Å². The van der Waals surface area contributed by atoms with Gasteiger partial charge in [0.05, 0.1) is 25.4 Å². The molecule has 7 heteroatoms. The van der Waals surface area contributed by atoms with E-state index in [0.717, 1.165) is 11.1 Å². The summed E-state index contributed by atoms with van der Waals surface area (Å²) in [7, 11) is 3.09.